The Balaban J connectivity index is 2.46. The lowest BCUT2D eigenvalue weighted by Gasteiger charge is -2.16. The molecule has 0 amide bonds. The van der Waals surface area contributed by atoms with Crippen LogP contribution in [0.25, 0.3) is 0 Å². The number of hydrogen-bond acceptors (Lipinski definition) is 2. The van der Waals surface area contributed by atoms with E-state index < -0.39 is 0 Å². The van der Waals surface area contributed by atoms with Gasteiger partial charge in [-0.3, -0.25) is 4.68 Å². The maximum atomic E-state index is 4.32. The molecule has 14 heavy (non-hydrogen) atoms. The first kappa shape index (κ1) is 11.1. The summed E-state index contributed by atoms with van der Waals surface area (Å²) >= 11 is 0. The Kier molecular flexibility index (Phi) is 4.50. The summed E-state index contributed by atoms with van der Waals surface area (Å²) in [6.07, 6.45) is 6.88. The van der Waals surface area contributed by atoms with Crippen LogP contribution in [-0.4, -0.2) is 15.8 Å². The maximum absolute atomic E-state index is 4.32. The number of anilines is 1. The largest absolute Gasteiger partial charge is 0.366 e. The van der Waals surface area contributed by atoms with Gasteiger partial charge in [0.25, 0.3) is 0 Å². The van der Waals surface area contributed by atoms with E-state index in [-0.39, 0.29) is 0 Å². The van der Waals surface area contributed by atoms with E-state index in [0.29, 0.717) is 6.04 Å². The molecule has 1 heterocycles. The van der Waals surface area contributed by atoms with E-state index in [0.717, 1.165) is 5.82 Å². The number of nitrogens with zero attached hydrogens (tertiary/aromatic N) is 2. The Hall–Kier alpha value is -0.990. The van der Waals surface area contributed by atoms with Crippen LogP contribution in [-0.2, 0) is 7.05 Å². The molecule has 0 radical (unpaired) electrons. The first-order valence-electron chi connectivity index (χ1n) is 5.52. The van der Waals surface area contributed by atoms with Crippen molar-refractivity contribution in [3.8, 4) is 0 Å². The third-order valence-corrected chi connectivity index (χ3v) is 2.34. The molecule has 1 aromatic rings. The fourth-order valence-corrected chi connectivity index (χ4v) is 1.69. The predicted molar refractivity (Wildman–Crippen MR) is 60.4 cm³/mol. The Morgan fingerprint density at radius 3 is 2.43 bits per heavy atom. The molecular weight excluding hydrogens is 174 g/mol. The van der Waals surface area contributed by atoms with Crippen LogP contribution in [0.3, 0.4) is 0 Å². The van der Waals surface area contributed by atoms with Crippen LogP contribution in [0.2, 0.25) is 0 Å². The molecule has 0 saturated heterocycles. The number of hydrogen-bond donors (Lipinski definition) is 1. The van der Waals surface area contributed by atoms with Crippen molar-refractivity contribution < 1.29 is 0 Å². The number of aromatic nitrogens is 2. The molecule has 0 spiro atoms. The van der Waals surface area contributed by atoms with Gasteiger partial charge >= 0.3 is 0 Å². The van der Waals surface area contributed by atoms with Crippen LogP contribution < -0.4 is 5.32 Å². The van der Waals surface area contributed by atoms with Gasteiger partial charge in [0.15, 0.2) is 0 Å². The number of rotatable bonds is 6. The van der Waals surface area contributed by atoms with Crippen molar-refractivity contribution in [2.45, 2.75) is 45.6 Å². The Bertz CT molecular complexity index is 249. The predicted octanol–water partition coefficient (Wildman–Crippen LogP) is 2.80. The van der Waals surface area contributed by atoms with Crippen molar-refractivity contribution in [2.24, 2.45) is 7.05 Å². The SMILES string of the molecule is CCCC(CCC)Nc1ccn(C)n1. The molecule has 0 aromatic carbocycles. The van der Waals surface area contributed by atoms with E-state index >= 15 is 0 Å². The molecule has 0 bridgehead atoms. The van der Waals surface area contributed by atoms with Crippen LogP contribution in [0.1, 0.15) is 39.5 Å². The van der Waals surface area contributed by atoms with Gasteiger partial charge in [-0.2, -0.15) is 5.10 Å². The fourth-order valence-electron chi connectivity index (χ4n) is 1.69. The third-order valence-electron chi connectivity index (χ3n) is 2.34. The molecule has 0 unspecified atom stereocenters. The van der Waals surface area contributed by atoms with Crippen molar-refractivity contribution in [2.75, 3.05) is 5.32 Å². The highest BCUT2D eigenvalue weighted by Crippen LogP contribution is 2.11. The lowest BCUT2D eigenvalue weighted by molar-refractivity contribution is 0.582. The van der Waals surface area contributed by atoms with E-state index in [1.165, 1.54) is 25.7 Å². The summed E-state index contributed by atoms with van der Waals surface area (Å²) in [4.78, 5) is 0. The van der Waals surface area contributed by atoms with Crippen molar-refractivity contribution in [1.82, 2.24) is 9.78 Å². The zero-order chi connectivity index (χ0) is 10.4. The summed E-state index contributed by atoms with van der Waals surface area (Å²) in [5, 5.41) is 7.79. The van der Waals surface area contributed by atoms with Gasteiger partial charge in [0.2, 0.25) is 0 Å². The second-order valence-corrected chi connectivity index (χ2v) is 3.79. The van der Waals surface area contributed by atoms with Crippen molar-refractivity contribution in [3.05, 3.63) is 12.3 Å². The first-order valence-corrected chi connectivity index (χ1v) is 5.52. The van der Waals surface area contributed by atoms with Gasteiger partial charge in [0.05, 0.1) is 0 Å². The summed E-state index contributed by atoms with van der Waals surface area (Å²) in [5.41, 5.74) is 0. The zero-order valence-corrected chi connectivity index (χ0v) is 9.45. The average Bonchev–Trinajstić information content (AvgIpc) is 2.52. The molecule has 1 rings (SSSR count). The number of aryl methyl sites for hydroxylation is 1. The minimum atomic E-state index is 0.583. The van der Waals surface area contributed by atoms with Crippen LogP contribution in [0, 0.1) is 0 Å². The maximum Gasteiger partial charge on any atom is 0.148 e. The van der Waals surface area contributed by atoms with Crippen molar-refractivity contribution in [3.63, 3.8) is 0 Å². The Morgan fingerprint density at radius 1 is 1.36 bits per heavy atom. The molecule has 0 aliphatic rings. The van der Waals surface area contributed by atoms with E-state index in [9.17, 15) is 0 Å². The topological polar surface area (TPSA) is 29.9 Å². The van der Waals surface area contributed by atoms with E-state index in [1.807, 2.05) is 24.0 Å². The zero-order valence-electron chi connectivity index (χ0n) is 9.45. The standard InChI is InChI=1S/C11H21N3/c1-4-6-10(7-5-2)12-11-8-9-14(3)13-11/h8-10H,4-7H2,1-3H3,(H,12,13). The van der Waals surface area contributed by atoms with Crippen LogP contribution >= 0.6 is 0 Å². The van der Waals surface area contributed by atoms with Crippen molar-refractivity contribution in [1.29, 1.82) is 0 Å². The van der Waals surface area contributed by atoms with E-state index in [1.54, 1.807) is 0 Å². The van der Waals surface area contributed by atoms with E-state index in [2.05, 4.69) is 24.3 Å². The molecule has 0 fully saturated rings. The fraction of sp³-hybridized carbons (Fsp3) is 0.727. The van der Waals surface area contributed by atoms with Crippen molar-refractivity contribution >= 4 is 5.82 Å². The van der Waals surface area contributed by atoms with Gasteiger partial charge in [-0.05, 0) is 12.8 Å². The minimum Gasteiger partial charge on any atom is -0.366 e. The Morgan fingerprint density at radius 2 is 2.00 bits per heavy atom. The third kappa shape index (κ3) is 3.40. The number of nitrogens with one attached hydrogen (secondary N) is 1. The Labute approximate surface area is 86.5 Å². The normalized spacial score (nSPS) is 10.9. The second-order valence-electron chi connectivity index (χ2n) is 3.79. The van der Waals surface area contributed by atoms with E-state index in [4.69, 9.17) is 0 Å². The molecule has 0 saturated carbocycles. The molecule has 0 aliphatic carbocycles. The molecule has 80 valence electrons. The highest BCUT2D eigenvalue weighted by Gasteiger charge is 2.07. The summed E-state index contributed by atoms with van der Waals surface area (Å²) in [7, 11) is 1.94. The highest BCUT2D eigenvalue weighted by atomic mass is 15.3. The van der Waals surface area contributed by atoms with Gasteiger partial charge in [-0.15, -0.1) is 0 Å². The lowest BCUT2D eigenvalue weighted by Crippen LogP contribution is -2.19. The van der Waals surface area contributed by atoms with Crippen LogP contribution in [0.5, 0.6) is 0 Å². The summed E-state index contributed by atoms with van der Waals surface area (Å²) in [6.45, 7) is 4.45. The van der Waals surface area contributed by atoms with Gasteiger partial charge in [0.1, 0.15) is 5.82 Å². The minimum absolute atomic E-state index is 0.583. The first-order chi connectivity index (χ1) is 6.76. The molecule has 1 aromatic heterocycles. The van der Waals surface area contributed by atoms with Gasteiger partial charge < -0.3 is 5.32 Å². The highest BCUT2D eigenvalue weighted by molar-refractivity contribution is 5.33. The monoisotopic (exact) mass is 195 g/mol. The summed E-state index contributed by atoms with van der Waals surface area (Å²) in [6, 6.07) is 2.61. The summed E-state index contributed by atoms with van der Waals surface area (Å²) < 4.78 is 1.83. The van der Waals surface area contributed by atoms with Crippen LogP contribution in [0.15, 0.2) is 12.3 Å². The molecular formula is C11H21N3. The molecule has 3 heteroatoms. The van der Waals surface area contributed by atoms with Crippen LogP contribution in [0.4, 0.5) is 5.82 Å². The summed E-state index contributed by atoms with van der Waals surface area (Å²) in [5.74, 6) is 0.999. The van der Waals surface area contributed by atoms with Gasteiger partial charge in [-0.25, -0.2) is 0 Å². The molecule has 1 N–H and O–H groups in total. The lowest BCUT2D eigenvalue weighted by atomic mass is 10.1. The smallest absolute Gasteiger partial charge is 0.148 e. The molecule has 0 atom stereocenters. The molecule has 3 nitrogen and oxygen atoms in total. The van der Waals surface area contributed by atoms with Gasteiger partial charge in [0, 0.05) is 25.4 Å². The quantitative estimate of drug-likeness (QED) is 0.756. The second kappa shape index (κ2) is 5.68. The molecule has 0 aliphatic heterocycles. The average molecular weight is 195 g/mol. The van der Waals surface area contributed by atoms with Gasteiger partial charge in [-0.1, -0.05) is 26.7 Å².